The minimum Gasteiger partial charge on any atom is -0.399 e. The van der Waals surface area contributed by atoms with Crippen LogP contribution in [0.2, 0.25) is 0 Å². The van der Waals surface area contributed by atoms with Crippen molar-refractivity contribution in [1.29, 1.82) is 0 Å². The quantitative estimate of drug-likeness (QED) is 0.743. The van der Waals surface area contributed by atoms with Crippen LogP contribution in [0, 0.1) is 0 Å². The van der Waals surface area contributed by atoms with E-state index in [1.165, 1.54) is 5.56 Å². The molecular weight excluding hydrogens is 357 g/mol. The zero-order valence-corrected chi connectivity index (χ0v) is 16.5. The largest absolute Gasteiger partial charge is 0.399 e. The molecule has 0 aliphatic rings. The molecule has 0 atom stereocenters. The van der Waals surface area contributed by atoms with Gasteiger partial charge in [-0.2, -0.15) is 0 Å². The number of carbonyl (C=O) groups excluding carboxylic acids is 1. The Kier molecular flexibility index (Phi) is 10.2. The maximum Gasteiger partial charge on any atom is 0.251 e. The molecule has 2 aromatic carbocycles. The third kappa shape index (κ3) is 6.94. The minimum atomic E-state index is -0.107. The zero-order chi connectivity index (χ0) is 16.8. The summed E-state index contributed by atoms with van der Waals surface area (Å²) in [6.07, 6.45) is 0. The van der Waals surface area contributed by atoms with Gasteiger partial charge in [-0.05, 0) is 50.2 Å². The van der Waals surface area contributed by atoms with Gasteiger partial charge in [-0.3, -0.25) is 9.69 Å². The van der Waals surface area contributed by atoms with E-state index in [0.717, 1.165) is 12.1 Å². The Balaban J connectivity index is 0.00000288. The van der Waals surface area contributed by atoms with Gasteiger partial charge < -0.3 is 11.1 Å². The molecule has 0 aliphatic heterocycles. The summed E-state index contributed by atoms with van der Waals surface area (Å²) in [6.45, 7) is 5.71. The predicted molar refractivity (Wildman–Crippen MR) is 110 cm³/mol. The van der Waals surface area contributed by atoms with Gasteiger partial charge in [-0.15, -0.1) is 24.8 Å². The summed E-state index contributed by atoms with van der Waals surface area (Å²) in [6, 6.07) is 15.7. The molecule has 3 N–H and O–H groups in total. The van der Waals surface area contributed by atoms with Crippen molar-refractivity contribution >= 4 is 36.4 Å². The monoisotopic (exact) mass is 383 g/mol. The van der Waals surface area contributed by atoms with E-state index in [2.05, 4.69) is 43.2 Å². The second-order valence-corrected chi connectivity index (χ2v) is 6.09. The van der Waals surface area contributed by atoms with Gasteiger partial charge in [0, 0.05) is 30.4 Å². The molecule has 0 fully saturated rings. The Morgan fingerprint density at radius 2 is 1.72 bits per heavy atom. The summed E-state index contributed by atoms with van der Waals surface area (Å²) in [5.41, 5.74) is 9.27. The van der Waals surface area contributed by atoms with Crippen LogP contribution in [-0.4, -0.2) is 23.9 Å². The number of carbonyl (C=O) groups is 1. The first kappa shape index (κ1) is 23.2. The Bertz CT molecular complexity index is 677. The van der Waals surface area contributed by atoms with E-state index in [1.807, 2.05) is 12.1 Å². The molecule has 0 spiro atoms. The van der Waals surface area contributed by atoms with Gasteiger partial charge in [-0.1, -0.05) is 30.3 Å². The first-order valence-electron chi connectivity index (χ1n) is 7.88. The highest BCUT2D eigenvalue weighted by molar-refractivity contribution is 5.94. The highest BCUT2D eigenvalue weighted by atomic mass is 35.5. The molecule has 0 heterocycles. The van der Waals surface area contributed by atoms with Gasteiger partial charge in [0.1, 0.15) is 0 Å². The fourth-order valence-corrected chi connectivity index (χ4v) is 2.29. The molecule has 0 unspecified atom stereocenters. The summed E-state index contributed by atoms with van der Waals surface area (Å²) < 4.78 is 0. The fourth-order valence-electron chi connectivity index (χ4n) is 2.29. The maximum atomic E-state index is 12.2. The van der Waals surface area contributed by atoms with Crippen LogP contribution in [0.5, 0.6) is 0 Å². The van der Waals surface area contributed by atoms with Gasteiger partial charge >= 0.3 is 0 Å². The number of nitrogens with zero attached hydrogens (tertiary/aromatic N) is 1. The van der Waals surface area contributed by atoms with E-state index in [0.29, 0.717) is 23.8 Å². The van der Waals surface area contributed by atoms with Gasteiger partial charge in [0.05, 0.1) is 0 Å². The lowest BCUT2D eigenvalue weighted by atomic mass is 10.1. The van der Waals surface area contributed by atoms with Crippen molar-refractivity contribution in [2.75, 3.05) is 12.8 Å². The van der Waals surface area contributed by atoms with Crippen LogP contribution in [0.1, 0.15) is 35.3 Å². The van der Waals surface area contributed by atoms with Crippen molar-refractivity contribution in [1.82, 2.24) is 10.2 Å². The molecule has 0 aromatic heterocycles. The first-order valence-corrected chi connectivity index (χ1v) is 7.88. The van der Waals surface area contributed by atoms with Crippen LogP contribution in [0.4, 0.5) is 5.69 Å². The molecule has 0 bridgehead atoms. The molecule has 0 saturated heterocycles. The Morgan fingerprint density at radius 1 is 1.08 bits per heavy atom. The summed E-state index contributed by atoms with van der Waals surface area (Å²) in [5, 5.41) is 2.97. The molecule has 1 amide bonds. The molecule has 6 heteroatoms. The van der Waals surface area contributed by atoms with Crippen molar-refractivity contribution in [2.24, 2.45) is 0 Å². The van der Waals surface area contributed by atoms with Crippen LogP contribution < -0.4 is 11.1 Å². The van der Waals surface area contributed by atoms with Crippen molar-refractivity contribution in [3.63, 3.8) is 0 Å². The van der Waals surface area contributed by atoms with E-state index < -0.39 is 0 Å². The lowest BCUT2D eigenvalue weighted by molar-refractivity contribution is 0.0950. The molecule has 0 radical (unpaired) electrons. The zero-order valence-electron chi connectivity index (χ0n) is 14.9. The van der Waals surface area contributed by atoms with Crippen molar-refractivity contribution in [3.8, 4) is 0 Å². The van der Waals surface area contributed by atoms with E-state index in [1.54, 1.807) is 24.3 Å². The van der Waals surface area contributed by atoms with Crippen molar-refractivity contribution in [3.05, 3.63) is 65.2 Å². The topological polar surface area (TPSA) is 58.4 Å². The van der Waals surface area contributed by atoms with E-state index in [-0.39, 0.29) is 30.7 Å². The van der Waals surface area contributed by atoms with Crippen LogP contribution in [0.3, 0.4) is 0 Å². The standard InChI is InChI=1S/C19H25N3O.2ClH/c1-14(2)22(3)13-17-8-5-4-7-16(17)12-21-19(23)15-9-6-10-18(20)11-15;;/h4-11,14H,12-13,20H2,1-3H3,(H,21,23);2*1H. The van der Waals surface area contributed by atoms with Gasteiger partial charge in [0.25, 0.3) is 5.91 Å². The summed E-state index contributed by atoms with van der Waals surface area (Å²) in [7, 11) is 2.10. The lowest BCUT2D eigenvalue weighted by Gasteiger charge is -2.22. The van der Waals surface area contributed by atoms with Crippen molar-refractivity contribution in [2.45, 2.75) is 33.0 Å². The molecule has 0 saturated carbocycles. The van der Waals surface area contributed by atoms with E-state index >= 15 is 0 Å². The predicted octanol–water partition coefficient (Wildman–Crippen LogP) is 3.88. The first-order chi connectivity index (χ1) is 11.0. The van der Waals surface area contributed by atoms with Crippen LogP contribution >= 0.6 is 24.8 Å². The number of nitrogens with two attached hydrogens (primary N) is 1. The summed E-state index contributed by atoms with van der Waals surface area (Å²) in [4.78, 5) is 14.5. The van der Waals surface area contributed by atoms with E-state index in [9.17, 15) is 4.79 Å². The Hall–Kier alpha value is -1.75. The molecule has 25 heavy (non-hydrogen) atoms. The molecule has 0 aliphatic carbocycles. The second kappa shape index (κ2) is 11.0. The van der Waals surface area contributed by atoms with Crippen LogP contribution in [0.25, 0.3) is 0 Å². The summed E-state index contributed by atoms with van der Waals surface area (Å²) >= 11 is 0. The average molecular weight is 384 g/mol. The van der Waals surface area contributed by atoms with E-state index in [4.69, 9.17) is 5.73 Å². The third-order valence-corrected chi connectivity index (χ3v) is 4.01. The van der Waals surface area contributed by atoms with Gasteiger partial charge in [0.2, 0.25) is 0 Å². The number of hydrogen-bond acceptors (Lipinski definition) is 3. The number of amides is 1. The number of rotatable bonds is 6. The molecule has 2 aromatic rings. The normalized spacial score (nSPS) is 10.1. The molecule has 4 nitrogen and oxygen atoms in total. The van der Waals surface area contributed by atoms with Crippen LogP contribution in [0.15, 0.2) is 48.5 Å². The average Bonchev–Trinajstić information content (AvgIpc) is 2.53. The highest BCUT2D eigenvalue weighted by Gasteiger charge is 2.10. The Labute approximate surface area is 162 Å². The number of anilines is 1. The van der Waals surface area contributed by atoms with Crippen molar-refractivity contribution < 1.29 is 4.79 Å². The number of hydrogen-bond donors (Lipinski definition) is 2. The fraction of sp³-hybridized carbons (Fsp3) is 0.316. The van der Waals surface area contributed by atoms with Gasteiger partial charge in [-0.25, -0.2) is 0 Å². The Morgan fingerprint density at radius 3 is 2.32 bits per heavy atom. The van der Waals surface area contributed by atoms with Crippen LogP contribution in [-0.2, 0) is 13.1 Å². The molecule has 138 valence electrons. The molecule has 2 rings (SSSR count). The smallest absolute Gasteiger partial charge is 0.251 e. The number of nitrogen functional groups attached to an aromatic ring is 1. The molecular formula is C19H27Cl2N3O. The highest BCUT2D eigenvalue weighted by Crippen LogP contribution is 2.13. The SMILES string of the molecule is CC(C)N(C)Cc1ccccc1CNC(=O)c1cccc(N)c1.Cl.Cl. The number of benzene rings is 2. The lowest BCUT2D eigenvalue weighted by Crippen LogP contribution is -2.27. The number of nitrogens with one attached hydrogen (secondary N) is 1. The maximum absolute atomic E-state index is 12.2. The second-order valence-electron chi connectivity index (χ2n) is 6.09. The third-order valence-electron chi connectivity index (χ3n) is 4.01. The number of halogens is 2. The minimum absolute atomic E-state index is 0. The summed E-state index contributed by atoms with van der Waals surface area (Å²) in [5.74, 6) is -0.107. The van der Waals surface area contributed by atoms with Gasteiger partial charge in [0.15, 0.2) is 0 Å².